The fourth-order valence-corrected chi connectivity index (χ4v) is 3.26. The Bertz CT molecular complexity index is 364. The van der Waals surface area contributed by atoms with E-state index in [4.69, 9.17) is 5.73 Å². The molecule has 2 rings (SSSR count). The summed E-state index contributed by atoms with van der Waals surface area (Å²) in [5.41, 5.74) is 6.34. The number of hydrogen-bond acceptors (Lipinski definition) is 3. The van der Waals surface area contributed by atoms with Crippen LogP contribution in [0.15, 0.2) is 6.33 Å². The van der Waals surface area contributed by atoms with Gasteiger partial charge in [-0.1, -0.05) is 19.8 Å². The van der Waals surface area contributed by atoms with Crippen LogP contribution in [-0.2, 0) is 13.5 Å². The quantitative estimate of drug-likeness (QED) is 0.872. The molecule has 2 N–H and O–H groups in total. The lowest BCUT2D eigenvalue weighted by Crippen LogP contribution is -2.37. The number of aromatic nitrogens is 3. The maximum Gasteiger partial charge on any atom is 0.138 e. The predicted molar refractivity (Wildman–Crippen MR) is 73.1 cm³/mol. The molecule has 1 aromatic heterocycles. The van der Waals surface area contributed by atoms with Gasteiger partial charge in [0.2, 0.25) is 0 Å². The Labute approximate surface area is 110 Å². The molecule has 102 valence electrons. The van der Waals surface area contributed by atoms with Gasteiger partial charge in [-0.3, -0.25) is 4.68 Å². The zero-order valence-corrected chi connectivity index (χ0v) is 11.7. The van der Waals surface area contributed by atoms with Gasteiger partial charge in [0.15, 0.2) is 0 Å². The third-order valence-electron chi connectivity index (χ3n) is 4.63. The van der Waals surface area contributed by atoms with Gasteiger partial charge in [0.1, 0.15) is 12.2 Å². The number of nitrogens with zero attached hydrogens (tertiary/aromatic N) is 3. The van der Waals surface area contributed by atoms with Gasteiger partial charge >= 0.3 is 0 Å². The van der Waals surface area contributed by atoms with Crippen molar-refractivity contribution in [3.05, 3.63) is 12.2 Å². The molecule has 0 spiro atoms. The lowest BCUT2D eigenvalue weighted by molar-refractivity contribution is 0.147. The van der Waals surface area contributed by atoms with Gasteiger partial charge in [-0.15, -0.1) is 0 Å². The summed E-state index contributed by atoms with van der Waals surface area (Å²) in [6.45, 7) is 3.06. The Balaban J connectivity index is 1.98. The normalized spacial score (nSPS) is 28.5. The molecule has 1 aliphatic rings. The molecule has 0 aromatic carbocycles. The highest BCUT2D eigenvalue weighted by Crippen LogP contribution is 2.41. The number of nitrogens with two attached hydrogens (primary N) is 1. The van der Waals surface area contributed by atoms with Crippen molar-refractivity contribution in [2.75, 3.05) is 6.54 Å². The Morgan fingerprint density at radius 2 is 2.17 bits per heavy atom. The molecule has 0 unspecified atom stereocenters. The van der Waals surface area contributed by atoms with E-state index in [9.17, 15) is 0 Å². The van der Waals surface area contributed by atoms with E-state index in [1.807, 2.05) is 11.7 Å². The molecule has 0 aliphatic heterocycles. The van der Waals surface area contributed by atoms with Gasteiger partial charge in [-0.05, 0) is 43.6 Å². The molecule has 0 radical (unpaired) electrons. The standard InChI is InChI=1S/C14H26N4/c1-3-4-12-5-7-14(10-15,8-6-12)9-13-16-11-17-18(13)2/h11-12H,3-10,15H2,1-2H3. The van der Waals surface area contributed by atoms with Crippen molar-refractivity contribution in [2.45, 2.75) is 51.9 Å². The van der Waals surface area contributed by atoms with E-state index < -0.39 is 0 Å². The van der Waals surface area contributed by atoms with E-state index in [0.717, 1.165) is 24.7 Å². The monoisotopic (exact) mass is 250 g/mol. The van der Waals surface area contributed by atoms with Crippen molar-refractivity contribution >= 4 is 0 Å². The first kappa shape index (κ1) is 13.5. The minimum atomic E-state index is 0.269. The van der Waals surface area contributed by atoms with E-state index >= 15 is 0 Å². The fraction of sp³-hybridized carbons (Fsp3) is 0.857. The summed E-state index contributed by atoms with van der Waals surface area (Å²) in [5.74, 6) is 2.00. The summed E-state index contributed by atoms with van der Waals surface area (Å²) in [4.78, 5) is 4.35. The van der Waals surface area contributed by atoms with Gasteiger partial charge in [-0.25, -0.2) is 4.98 Å². The molecule has 4 nitrogen and oxygen atoms in total. The summed E-state index contributed by atoms with van der Waals surface area (Å²) >= 11 is 0. The Morgan fingerprint density at radius 3 is 2.67 bits per heavy atom. The van der Waals surface area contributed by atoms with Gasteiger partial charge in [0.25, 0.3) is 0 Å². The van der Waals surface area contributed by atoms with Crippen LogP contribution in [0.2, 0.25) is 0 Å². The van der Waals surface area contributed by atoms with Gasteiger partial charge in [0, 0.05) is 13.5 Å². The molecule has 1 saturated carbocycles. The van der Waals surface area contributed by atoms with Crippen LogP contribution in [-0.4, -0.2) is 21.3 Å². The highest BCUT2D eigenvalue weighted by atomic mass is 15.3. The topological polar surface area (TPSA) is 56.7 Å². The van der Waals surface area contributed by atoms with Crippen LogP contribution in [0.3, 0.4) is 0 Å². The third kappa shape index (κ3) is 2.91. The van der Waals surface area contributed by atoms with E-state index in [0.29, 0.717) is 0 Å². The summed E-state index contributed by atoms with van der Waals surface area (Å²) in [6, 6.07) is 0. The number of aryl methyl sites for hydroxylation is 1. The average Bonchev–Trinajstić information content (AvgIpc) is 2.78. The number of hydrogen-bond donors (Lipinski definition) is 1. The van der Waals surface area contributed by atoms with Crippen LogP contribution in [0.5, 0.6) is 0 Å². The van der Waals surface area contributed by atoms with Gasteiger partial charge in [0.05, 0.1) is 0 Å². The van der Waals surface area contributed by atoms with Crippen LogP contribution in [0.25, 0.3) is 0 Å². The van der Waals surface area contributed by atoms with Crippen LogP contribution < -0.4 is 5.73 Å². The van der Waals surface area contributed by atoms with Gasteiger partial charge < -0.3 is 5.73 Å². The molecule has 1 aliphatic carbocycles. The lowest BCUT2D eigenvalue weighted by Gasteiger charge is -2.39. The first-order valence-electron chi connectivity index (χ1n) is 7.22. The summed E-state index contributed by atoms with van der Waals surface area (Å²) in [5, 5.41) is 4.16. The summed E-state index contributed by atoms with van der Waals surface area (Å²) in [7, 11) is 1.97. The van der Waals surface area contributed by atoms with E-state index in [1.54, 1.807) is 6.33 Å². The molecular formula is C14H26N4. The maximum absolute atomic E-state index is 6.07. The van der Waals surface area contributed by atoms with Crippen LogP contribution >= 0.6 is 0 Å². The smallest absolute Gasteiger partial charge is 0.138 e. The lowest BCUT2D eigenvalue weighted by atomic mass is 9.67. The van der Waals surface area contributed by atoms with Crippen molar-refractivity contribution in [1.29, 1.82) is 0 Å². The second-order valence-electron chi connectivity index (χ2n) is 5.91. The molecule has 0 amide bonds. The second kappa shape index (κ2) is 5.83. The molecule has 18 heavy (non-hydrogen) atoms. The fourth-order valence-electron chi connectivity index (χ4n) is 3.26. The minimum absolute atomic E-state index is 0.269. The highest BCUT2D eigenvalue weighted by molar-refractivity contribution is 4.96. The maximum atomic E-state index is 6.07. The summed E-state index contributed by atoms with van der Waals surface area (Å²) in [6.07, 6.45) is 10.5. The molecule has 0 saturated heterocycles. The SMILES string of the molecule is CCCC1CCC(CN)(Cc2ncnn2C)CC1. The second-order valence-corrected chi connectivity index (χ2v) is 5.91. The first-order chi connectivity index (χ1) is 8.69. The van der Waals surface area contributed by atoms with Crippen molar-refractivity contribution in [2.24, 2.45) is 24.1 Å². The highest BCUT2D eigenvalue weighted by Gasteiger charge is 2.35. The number of rotatable bonds is 5. The van der Waals surface area contributed by atoms with Crippen LogP contribution in [0.1, 0.15) is 51.3 Å². The molecular weight excluding hydrogens is 224 g/mol. The Morgan fingerprint density at radius 1 is 1.44 bits per heavy atom. The van der Waals surface area contributed by atoms with Crippen molar-refractivity contribution in [3.8, 4) is 0 Å². The Kier molecular flexibility index (Phi) is 4.38. The molecule has 1 fully saturated rings. The largest absolute Gasteiger partial charge is 0.330 e. The third-order valence-corrected chi connectivity index (χ3v) is 4.63. The Hall–Kier alpha value is -0.900. The molecule has 0 atom stereocenters. The van der Waals surface area contributed by atoms with Crippen molar-refractivity contribution in [3.63, 3.8) is 0 Å². The predicted octanol–water partition coefficient (Wildman–Crippen LogP) is 2.29. The molecule has 0 bridgehead atoms. The van der Waals surface area contributed by atoms with Crippen LogP contribution in [0.4, 0.5) is 0 Å². The van der Waals surface area contributed by atoms with E-state index in [-0.39, 0.29) is 5.41 Å². The average molecular weight is 250 g/mol. The van der Waals surface area contributed by atoms with Gasteiger partial charge in [-0.2, -0.15) is 5.10 Å². The summed E-state index contributed by atoms with van der Waals surface area (Å²) < 4.78 is 1.88. The zero-order chi connectivity index (χ0) is 13.0. The first-order valence-corrected chi connectivity index (χ1v) is 7.22. The minimum Gasteiger partial charge on any atom is -0.330 e. The molecule has 1 heterocycles. The van der Waals surface area contributed by atoms with Crippen molar-refractivity contribution < 1.29 is 0 Å². The van der Waals surface area contributed by atoms with E-state index in [2.05, 4.69) is 17.0 Å². The zero-order valence-electron chi connectivity index (χ0n) is 11.7. The molecule has 1 aromatic rings. The van der Waals surface area contributed by atoms with Crippen LogP contribution in [0, 0.1) is 11.3 Å². The van der Waals surface area contributed by atoms with Crippen molar-refractivity contribution in [1.82, 2.24) is 14.8 Å². The molecule has 4 heteroatoms. The van der Waals surface area contributed by atoms with E-state index in [1.165, 1.54) is 38.5 Å².